The fourth-order valence-corrected chi connectivity index (χ4v) is 4.74. The number of aromatic nitrogens is 3. The molecule has 0 atom stereocenters. The molecule has 1 aliphatic rings. The van der Waals surface area contributed by atoms with Crippen LogP contribution in [0.25, 0.3) is 16.6 Å². The second-order valence-electron chi connectivity index (χ2n) is 8.82. The Kier molecular flexibility index (Phi) is 6.93. The molecule has 1 fully saturated rings. The van der Waals surface area contributed by atoms with Crippen molar-refractivity contribution in [1.82, 2.24) is 19.0 Å². The fourth-order valence-electron chi connectivity index (χ4n) is 4.74. The quantitative estimate of drug-likeness (QED) is 0.518. The Morgan fingerprint density at radius 3 is 2.62 bits per heavy atom. The lowest BCUT2D eigenvalue weighted by atomic mass is 9.92. The monoisotopic (exact) mass is 439 g/mol. The molecule has 1 amide bonds. The van der Waals surface area contributed by atoms with Gasteiger partial charge in [0.25, 0.3) is 5.91 Å². The van der Waals surface area contributed by atoms with Crippen LogP contribution in [0.2, 0.25) is 0 Å². The molecule has 4 rings (SSSR count). The van der Waals surface area contributed by atoms with Gasteiger partial charge in [0, 0.05) is 49.4 Å². The molecule has 0 saturated heterocycles. The lowest BCUT2D eigenvalue weighted by Crippen LogP contribution is -2.25. The Bertz CT molecular complexity index is 1050. The third-order valence-electron chi connectivity index (χ3n) is 6.23. The van der Waals surface area contributed by atoms with Crippen molar-refractivity contribution in [2.45, 2.75) is 44.4 Å². The number of methoxy groups -OCH3 is 1. The van der Waals surface area contributed by atoms with Crippen LogP contribution in [0.15, 0.2) is 37.1 Å². The molecule has 2 aromatic heterocycles. The maximum absolute atomic E-state index is 12.5. The Morgan fingerprint density at radius 1 is 1.22 bits per heavy atom. The summed E-state index contributed by atoms with van der Waals surface area (Å²) in [6.07, 6.45) is 11.8. The summed E-state index contributed by atoms with van der Waals surface area (Å²) in [5, 5.41) is 1.07. The molecule has 172 valence electrons. The zero-order valence-corrected chi connectivity index (χ0v) is 19.2. The summed E-state index contributed by atoms with van der Waals surface area (Å²) < 4.78 is 15.2. The molecule has 0 radical (unpaired) electrons. The van der Waals surface area contributed by atoms with E-state index in [2.05, 4.69) is 40.8 Å². The first-order valence-electron chi connectivity index (χ1n) is 11.2. The number of hydrogen-bond acceptors (Lipinski definition) is 5. The van der Waals surface area contributed by atoms with Gasteiger partial charge in [0.2, 0.25) is 0 Å². The lowest BCUT2D eigenvalue weighted by molar-refractivity contribution is -0.00620. The van der Waals surface area contributed by atoms with Crippen LogP contribution in [0.1, 0.15) is 47.6 Å². The number of benzene rings is 1. The summed E-state index contributed by atoms with van der Waals surface area (Å²) in [4.78, 5) is 18.8. The average Bonchev–Trinajstić information content (AvgIpc) is 3.42. The van der Waals surface area contributed by atoms with Gasteiger partial charge in [-0.1, -0.05) is 0 Å². The van der Waals surface area contributed by atoms with E-state index >= 15 is 0 Å². The van der Waals surface area contributed by atoms with E-state index in [-0.39, 0.29) is 6.10 Å². The van der Waals surface area contributed by atoms with E-state index in [9.17, 15) is 4.79 Å². The van der Waals surface area contributed by atoms with E-state index in [1.54, 1.807) is 19.6 Å². The molecule has 2 N–H and O–H groups in total. The van der Waals surface area contributed by atoms with Crippen LogP contribution in [0.4, 0.5) is 0 Å². The predicted octanol–water partition coefficient (Wildman–Crippen LogP) is 3.13. The highest BCUT2D eigenvalue weighted by Crippen LogP contribution is 2.37. The topological polar surface area (TPSA) is 87.5 Å². The van der Waals surface area contributed by atoms with Gasteiger partial charge in [-0.3, -0.25) is 4.79 Å². The van der Waals surface area contributed by atoms with Crippen LogP contribution in [0.3, 0.4) is 0 Å². The third kappa shape index (κ3) is 4.72. The van der Waals surface area contributed by atoms with E-state index in [0.29, 0.717) is 24.8 Å². The van der Waals surface area contributed by atoms with Crippen LogP contribution >= 0.6 is 0 Å². The summed E-state index contributed by atoms with van der Waals surface area (Å²) in [6.45, 7) is 2.04. The number of ether oxygens (including phenoxy) is 2. The summed E-state index contributed by atoms with van der Waals surface area (Å²) in [5.41, 5.74) is 9.44. The van der Waals surface area contributed by atoms with Crippen molar-refractivity contribution in [2.24, 2.45) is 5.73 Å². The molecule has 1 saturated carbocycles. The molecule has 8 heteroatoms. The van der Waals surface area contributed by atoms with E-state index in [1.807, 2.05) is 16.8 Å². The second kappa shape index (κ2) is 9.85. The minimum absolute atomic E-state index is 0.271. The first-order chi connectivity index (χ1) is 15.5. The maximum atomic E-state index is 12.5. The number of rotatable bonds is 9. The summed E-state index contributed by atoms with van der Waals surface area (Å²) >= 11 is 0. The molecule has 1 aromatic carbocycles. The highest BCUT2D eigenvalue weighted by atomic mass is 16.5. The molecule has 0 unspecified atom stereocenters. The number of hydrogen-bond donors (Lipinski definition) is 1. The summed E-state index contributed by atoms with van der Waals surface area (Å²) in [5.74, 6) is -0.413. The minimum atomic E-state index is -0.413. The van der Waals surface area contributed by atoms with Gasteiger partial charge in [-0.25, -0.2) is 4.98 Å². The minimum Gasteiger partial charge on any atom is -0.382 e. The van der Waals surface area contributed by atoms with Crippen molar-refractivity contribution in [1.29, 1.82) is 0 Å². The summed E-state index contributed by atoms with van der Waals surface area (Å²) in [6, 6.07) is 4.33. The van der Waals surface area contributed by atoms with Gasteiger partial charge < -0.3 is 29.2 Å². The predicted molar refractivity (Wildman–Crippen MR) is 124 cm³/mol. The SMILES string of the molecule is COCCOC1CCC(n2cc(CN(C)C)c3cc(-n4ccnc4)cc(C(N)=O)c32)CC1. The highest BCUT2D eigenvalue weighted by Gasteiger charge is 2.27. The number of carbonyl (C=O) groups excluding carboxylic acids is 1. The van der Waals surface area contributed by atoms with Crippen LogP contribution < -0.4 is 5.73 Å². The largest absolute Gasteiger partial charge is 0.382 e. The molecule has 1 aliphatic carbocycles. The molecule has 2 heterocycles. The van der Waals surface area contributed by atoms with Gasteiger partial charge >= 0.3 is 0 Å². The molecular formula is C24H33N5O3. The Labute approximate surface area is 188 Å². The van der Waals surface area contributed by atoms with E-state index in [1.165, 1.54) is 5.56 Å². The van der Waals surface area contributed by atoms with E-state index in [4.69, 9.17) is 15.2 Å². The number of amides is 1. The number of carbonyl (C=O) groups is 1. The number of fused-ring (bicyclic) bond motifs is 1. The third-order valence-corrected chi connectivity index (χ3v) is 6.23. The second-order valence-corrected chi connectivity index (χ2v) is 8.82. The first kappa shape index (κ1) is 22.5. The molecule has 32 heavy (non-hydrogen) atoms. The van der Waals surface area contributed by atoms with Crippen LogP contribution in [-0.2, 0) is 16.0 Å². The smallest absolute Gasteiger partial charge is 0.250 e. The standard InChI is InChI=1S/C24H33N5O3/c1-27(2)14-17-15-29(18-4-6-20(7-5-18)32-11-10-31-3)23-21(17)12-19(13-22(23)24(25)30)28-9-8-26-16-28/h8-9,12-13,15-16,18,20H,4-7,10-11,14H2,1-3H3,(H2,25,30). The van der Waals surface area contributed by atoms with Crippen molar-refractivity contribution in [3.8, 4) is 5.69 Å². The van der Waals surface area contributed by atoms with Crippen LogP contribution in [0, 0.1) is 0 Å². The Balaban J connectivity index is 1.72. The first-order valence-corrected chi connectivity index (χ1v) is 11.2. The van der Waals surface area contributed by atoms with Crippen molar-refractivity contribution < 1.29 is 14.3 Å². The van der Waals surface area contributed by atoms with Gasteiger partial charge in [-0.2, -0.15) is 0 Å². The van der Waals surface area contributed by atoms with Crippen molar-refractivity contribution in [3.63, 3.8) is 0 Å². The van der Waals surface area contributed by atoms with Gasteiger partial charge in [0.1, 0.15) is 0 Å². The van der Waals surface area contributed by atoms with Gasteiger partial charge in [0.05, 0.1) is 36.7 Å². The van der Waals surface area contributed by atoms with Crippen molar-refractivity contribution >= 4 is 16.8 Å². The molecule has 0 aliphatic heterocycles. The normalized spacial score (nSPS) is 19.1. The maximum Gasteiger partial charge on any atom is 0.250 e. The van der Waals surface area contributed by atoms with Crippen molar-refractivity contribution in [3.05, 3.63) is 48.2 Å². The molecule has 0 spiro atoms. The van der Waals surface area contributed by atoms with Crippen LogP contribution in [0.5, 0.6) is 0 Å². The van der Waals surface area contributed by atoms with Crippen LogP contribution in [-0.4, -0.2) is 65.4 Å². The van der Waals surface area contributed by atoms with Crippen molar-refractivity contribution in [2.75, 3.05) is 34.4 Å². The molecule has 3 aromatic rings. The molecule has 0 bridgehead atoms. The fraction of sp³-hybridized carbons (Fsp3) is 0.500. The highest BCUT2D eigenvalue weighted by molar-refractivity contribution is 6.07. The average molecular weight is 440 g/mol. The molecular weight excluding hydrogens is 406 g/mol. The summed E-state index contributed by atoms with van der Waals surface area (Å²) in [7, 11) is 5.80. The Hall–Kier alpha value is -2.68. The number of imidazole rings is 1. The number of primary amides is 1. The zero-order valence-electron chi connectivity index (χ0n) is 19.2. The van der Waals surface area contributed by atoms with Gasteiger partial charge in [-0.05, 0) is 57.5 Å². The lowest BCUT2D eigenvalue weighted by Gasteiger charge is -2.30. The number of nitrogens with two attached hydrogens (primary N) is 1. The number of nitrogens with zero attached hydrogens (tertiary/aromatic N) is 4. The van der Waals surface area contributed by atoms with E-state index < -0.39 is 5.91 Å². The van der Waals surface area contributed by atoms with Gasteiger partial charge in [0.15, 0.2) is 0 Å². The van der Waals surface area contributed by atoms with Gasteiger partial charge in [-0.15, -0.1) is 0 Å². The zero-order chi connectivity index (χ0) is 22.7. The van der Waals surface area contributed by atoms with E-state index in [0.717, 1.165) is 48.8 Å². The Morgan fingerprint density at radius 2 is 2.00 bits per heavy atom. The molecule has 8 nitrogen and oxygen atoms in total.